The van der Waals surface area contributed by atoms with Crippen LogP contribution in [-0.2, 0) is 0 Å². The lowest BCUT2D eigenvalue weighted by Crippen LogP contribution is -2.12. The fraction of sp³-hybridized carbons (Fsp3) is 0.375. The normalized spacial score (nSPS) is 12.5. The van der Waals surface area contributed by atoms with Crippen molar-refractivity contribution in [2.45, 2.75) is 39.7 Å². The summed E-state index contributed by atoms with van der Waals surface area (Å²) in [5, 5.41) is 3.17. The lowest BCUT2D eigenvalue weighted by atomic mass is 10.1. The summed E-state index contributed by atoms with van der Waals surface area (Å²) >= 11 is 0. The number of benzene rings is 1. The second kappa shape index (κ2) is 5.99. The summed E-state index contributed by atoms with van der Waals surface area (Å²) < 4.78 is 13.7. The maximum absolute atomic E-state index is 13.7. The van der Waals surface area contributed by atoms with Crippen LogP contribution in [-0.4, -0.2) is 9.97 Å². The average Bonchev–Trinajstić information content (AvgIpc) is 2.38. The highest BCUT2D eigenvalue weighted by Crippen LogP contribution is 2.21. The van der Waals surface area contributed by atoms with Crippen LogP contribution in [0.1, 0.15) is 49.7 Å². The summed E-state index contributed by atoms with van der Waals surface area (Å²) in [6.45, 7) is 8.02. The third-order valence-electron chi connectivity index (χ3n) is 3.18. The Morgan fingerprint density at radius 3 is 2.45 bits per heavy atom. The summed E-state index contributed by atoms with van der Waals surface area (Å²) in [5.41, 5.74) is 2.51. The van der Waals surface area contributed by atoms with Gasteiger partial charge in [-0.25, -0.2) is 14.4 Å². The molecule has 0 radical (unpaired) electrons. The number of anilines is 1. The molecule has 2 rings (SSSR count). The van der Waals surface area contributed by atoms with Crippen LogP contribution >= 0.6 is 0 Å². The van der Waals surface area contributed by atoms with E-state index < -0.39 is 0 Å². The van der Waals surface area contributed by atoms with Crippen LogP contribution in [0.2, 0.25) is 0 Å². The molecule has 0 aliphatic heterocycles. The minimum atomic E-state index is -0.218. The van der Waals surface area contributed by atoms with Gasteiger partial charge in [0.15, 0.2) is 0 Å². The minimum absolute atomic E-state index is 0.182. The van der Waals surface area contributed by atoms with Crippen LogP contribution in [0.15, 0.2) is 30.3 Å². The molecule has 1 heterocycles. The van der Waals surface area contributed by atoms with Crippen molar-refractivity contribution in [3.8, 4) is 0 Å². The SMILES string of the molecule is Cc1cc(C(C)C)nc(NC(C)c2ccccc2F)n1. The standard InChI is InChI=1S/C16H20FN3/c1-10(2)15-9-11(3)18-16(20-15)19-12(4)13-7-5-6-8-14(13)17/h5-10,12H,1-4H3,(H,18,19,20). The van der Waals surface area contributed by atoms with Gasteiger partial charge in [0.25, 0.3) is 0 Å². The molecule has 3 nitrogen and oxygen atoms in total. The van der Waals surface area contributed by atoms with Gasteiger partial charge in [-0.2, -0.15) is 0 Å². The molecule has 0 spiro atoms. The molecule has 4 heteroatoms. The van der Waals surface area contributed by atoms with Crippen LogP contribution in [0, 0.1) is 12.7 Å². The van der Waals surface area contributed by atoms with Gasteiger partial charge in [-0.15, -0.1) is 0 Å². The Labute approximate surface area is 119 Å². The quantitative estimate of drug-likeness (QED) is 0.906. The molecular formula is C16H20FN3. The number of aryl methyl sites for hydroxylation is 1. The summed E-state index contributed by atoms with van der Waals surface area (Å²) in [6.07, 6.45) is 0. The highest BCUT2D eigenvalue weighted by Gasteiger charge is 2.12. The first-order valence-corrected chi connectivity index (χ1v) is 6.84. The number of nitrogens with zero attached hydrogens (tertiary/aromatic N) is 2. The highest BCUT2D eigenvalue weighted by molar-refractivity contribution is 5.34. The highest BCUT2D eigenvalue weighted by atomic mass is 19.1. The predicted octanol–water partition coefficient (Wildman–Crippen LogP) is 4.22. The number of halogens is 1. The molecule has 0 aliphatic rings. The first kappa shape index (κ1) is 14.4. The van der Waals surface area contributed by atoms with Crippen LogP contribution in [0.25, 0.3) is 0 Å². The number of rotatable bonds is 4. The van der Waals surface area contributed by atoms with Crippen LogP contribution in [0.4, 0.5) is 10.3 Å². The zero-order valence-electron chi connectivity index (χ0n) is 12.3. The van der Waals surface area contributed by atoms with E-state index in [-0.39, 0.29) is 11.9 Å². The van der Waals surface area contributed by atoms with E-state index in [1.54, 1.807) is 12.1 Å². The smallest absolute Gasteiger partial charge is 0.223 e. The molecule has 0 fully saturated rings. The third kappa shape index (κ3) is 3.32. The molecule has 20 heavy (non-hydrogen) atoms. The van der Waals surface area contributed by atoms with Gasteiger partial charge < -0.3 is 5.32 Å². The van der Waals surface area contributed by atoms with Gasteiger partial charge in [0.2, 0.25) is 5.95 Å². The van der Waals surface area contributed by atoms with Crippen molar-refractivity contribution in [1.82, 2.24) is 9.97 Å². The van der Waals surface area contributed by atoms with E-state index >= 15 is 0 Å². The number of aromatic nitrogens is 2. The van der Waals surface area contributed by atoms with Gasteiger partial charge in [-0.1, -0.05) is 32.0 Å². The Balaban J connectivity index is 2.24. The van der Waals surface area contributed by atoms with Gasteiger partial charge in [0.05, 0.1) is 6.04 Å². The summed E-state index contributed by atoms with van der Waals surface area (Å²) in [4.78, 5) is 8.85. The van der Waals surface area contributed by atoms with Crippen LogP contribution < -0.4 is 5.32 Å². The Kier molecular flexibility index (Phi) is 4.32. The van der Waals surface area contributed by atoms with Gasteiger partial charge in [-0.3, -0.25) is 0 Å². The first-order chi connectivity index (χ1) is 9.47. The predicted molar refractivity (Wildman–Crippen MR) is 79.3 cm³/mol. The fourth-order valence-corrected chi connectivity index (χ4v) is 2.05. The van der Waals surface area contributed by atoms with Crippen LogP contribution in [0.5, 0.6) is 0 Å². The van der Waals surface area contributed by atoms with E-state index in [1.165, 1.54) is 6.07 Å². The zero-order chi connectivity index (χ0) is 14.7. The van der Waals surface area contributed by atoms with E-state index in [0.717, 1.165) is 11.4 Å². The van der Waals surface area contributed by atoms with E-state index in [0.29, 0.717) is 17.4 Å². The topological polar surface area (TPSA) is 37.8 Å². The summed E-state index contributed by atoms with van der Waals surface area (Å²) in [7, 11) is 0. The van der Waals surface area contributed by atoms with Crippen molar-refractivity contribution in [3.05, 3.63) is 53.1 Å². The van der Waals surface area contributed by atoms with Crippen molar-refractivity contribution in [3.63, 3.8) is 0 Å². The van der Waals surface area contributed by atoms with Crippen molar-refractivity contribution >= 4 is 5.95 Å². The molecule has 106 valence electrons. The molecule has 1 aromatic heterocycles. The van der Waals surface area contributed by atoms with Crippen molar-refractivity contribution in [1.29, 1.82) is 0 Å². The largest absolute Gasteiger partial charge is 0.348 e. The molecular weight excluding hydrogens is 253 g/mol. The van der Waals surface area contributed by atoms with Crippen molar-refractivity contribution in [2.24, 2.45) is 0 Å². The van der Waals surface area contributed by atoms with Crippen molar-refractivity contribution < 1.29 is 4.39 Å². The average molecular weight is 273 g/mol. The molecule has 1 aromatic carbocycles. The van der Waals surface area contributed by atoms with E-state index in [9.17, 15) is 4.39 Å². The Morgan fingerprint density at radius 1 is 1.10 bits per heavy atom. The van der Waals surface area contributed by atoms with Gasteiger partial charge in [0, 0.05) is 17.0 Å². The molecule has 0 saturated carbocycles. The lowest BCUT2D eigenvalue weighted by Gasteiger charge is -2.16. The molecule has 1 N–H and O–H groups in total. The van der Waals surface area contributed by atoms with Crippen LogP contribution in [0.3, 0.4) is 0 Å². The Morgan fingerprint density at radius 2 is 1.80 bits per heavy atom. The number of nitrogens with one attached hydrogen (secondary N) is 1. The molecule has 1 unspecified atom stereocenters. The van der Waals surface area contributed by atoms with E-state index in [4.69, 9.17) is 0 Å². The van der Waals surface area contributed by atoms with Crippen molar-refractivity contribution in [2.75, 3.05) is 5.32 Å². The maximum atomic E-state index is 13.7. The molecule has 1 atom stereocenters. The van der Waals surface area contributed by atoms with Gasteiger partial charge in [-0.05, 0) is 31.9 Å². The molecule has 2 aromatic rings. The molecule has 0 saturated heterocycles. The second-order valence-corrected chi connectivity index (χ2v) is 5.30. The first-order valence-electron chi connectivity index (χ1n) is 6.84. The summed E-state index contributed by atoms with van der Waals surface area (Å²) in [5.74, 6) is 0.662. The summed E-state index contributed by atoms with van der Waals surface area (Å²) in [6, 6.07) is 8.54. The van der Waals surface area contributed by atoms with Gasteiger partial charge >= 0.3 is 0 Å². The zero-order valence-corrected chi connectivity index (χ0v) is 12.3. The second-order valence-electron chi connectivity index (χ2n) is 5.30. The Hall–Kier alpha value is -1.97. The van der Waals surface area contributed by atoms with Gasteiger partial charge in [0.1, 0.15) is 5.82 Å². The molecule has 0 bridgehead atoms. The monoisotopic (exact) mass is 273 g/mol. The maximum Gasteiger partial charge on any atom is 0.223 e. The minimum Gasteiger partial charge on any atom is -0.348 e. The fourth-order valence-electron chi connectivity index (χ4n) is 2.05. The number of hydrogen-bond donors (Lipinski definition) is 1. The van der Waals surface area contributed by atoms with E-state index in [2.05, 4.69) is 29.1 Å². The Bertz CT molecular complexity index is 596. The lowest BCUT2D eigenvalue weighted by molar-refractivity contribution is 0.599. The number of hydrogen-bond acceptors (Lipinski definition) is 3. The molecule has 0 aliphatic carbocycles. The third-order valence-corrected chi connectivity index (χ3v) is 3.18. The molecule has 0 amide bonds. The van der Waals surface area contributed by atoms with E-state index in [1.807, 2.05) is 26.0 Å².